The summed E-state index contributed by atoms with van der Waals surface area (Å²) in [5.74, 6) is -0.0370. The predicted octanol–water partition coefficient (Wildman–Crippen LogP) is 17.3. The molecule has 0 aromatic carbocycles. The van der Waals surface area contributed by atoms with Crippen molar-refractivity contribution in [2.45, 2.75) is 328 Å². The summed E-state index contributed by atoms with van der Waals surface area (Å²) in [5.41, 5.74) is 0. The van der Waals surface area contributed by atoms with Gasteiger partial charge in [-0.15, -0.1) is 0 Å². The molecule has 63 heavy (non-hydrogen) atoms. The lowest BCUT2D eigenvalue weighted by Gasteiger charge is -2.22. The van der Waals surface area contributed by atoms with Crippen LogP contribution < -0.4 is 5.32 Å². The highest BCUT2D eigenvalue weighted by Crippen LogP contribution is 2.17. The molecule has 2 atom stereocenters. The van der Waals surface area contributed by atoms with Gasteiger partial charge < -0.3 is 20.3 Å². The number of nitrogens with one attached hydrogen (secondary N) is 1. The molecule has 0 saturated carbocycles. The quantitative estimate of drug-likeness (QED) is 0.0321. The van der Waals surface area contributed by atoms with Crippen LogP contribution in [0.3, 0.4) is 0 Å². The van der Waals surface area contributed by atoms with E-state index in [1.54, 1.807) is 0 Å². The average Bonchev–Trinajstić information content (AvgIpc) is 3.28. The SMILES string of the molecule is CCCCCCCCCCCCCCCCC(=O)OCCCCCCCCCC/C=C\CCCCCCCCCC(=O)NC(CO)C(O)CCCCCCCCCCCCCCC. The summed E-state index contributed by atoms with van der Waals surface area (Å²) in [4.78, 5) is 24.5. The van der Waals surface area contributed by atoms with Crippen molar-refractivity contribution in [2.75, 3.05) is 13.2 Å². The van der Waals surface area contributed by atoms with E-state index in [-0.39, 0.29) is 18.5 Å². The molecule has 0 aliphatic heterocycles. The lowest BCUT2D eigenvalue weighted by molar-refractivity contribution is -0.143. The van der Waals surface area contributed by atoms with Crippen molar-refractivity contribution in [2.24, 2.45) is 0 Å². The summed E-state index contributed by atoms with van der Waals surface area (Å²) in [5, 5.41) is 23.2. The van der Waals surface area contributed by atoms with Gasteiger partial charge in [0, 0.05) is 12.8 Å². The van der Waals surface area contributed by atoms with Gasteiger partial charge in [-0.25, -0.2) is 0 Å². The molecule has 6 nitrogen and oxygen atoms in total. The van der Waals surface area contributed by atoms with Gasteiger partial charge in [0.05, 0.1) is 25.4 Å². The first-order chi connectivity index (χ1) is 31.0. The lowest BCUT2D eigenvalue weighted by Crippen LogP contribution is -2.45. The number of unbranched alkanes of at least 4 members (excludes halogenated alkanes) is 40. The molecule has 0 radical (unpaired) electrons. The van der Waals surface area contributed by atoms with Gasteiger partial charge >= 0.3 is 5.97 Å². The maximum absolute atomic E-state index is 12.4. The fourth-order valence-corrected chi connectivity index (χ4v) is 8.93. The van der Waals surface area contributed by atoms with E-state index in [2.05, 4.69) is 31.3 Å². The highest BCUT2D eigenvalue weighted by molar-refractivity contribution is 5.76. The standard InChI is InChI=1S/C57H111NO5/c1-3-5-7-9-11-13-15-17-27-31-35-39-43-47-51-57(62)63-52-48-44-40-36-32-28-24-22-20-18-19-21-23-26-30-34-38-42-46-50-56(61)58-54(53-59)55(60)49-45-41-37-33-29-25-16-14-12-10-8-6-4-2/h18-19,54-55,59-60H,3-17,20-53H2,1-2H3,(H,58,61)/b19-18-. The van der Waals surface area contributed by atoms with E-state index in [0.29, 0.717) is 25.9 Å². The fourth-order valence-electron chi connectivity index (χ4n) is 8.93. The first-order valence-electron chi connectivity index (χ1n) is 28.4. The molecule has 1 amide bonds. The second-order valence-corrected chi connectivity index (χ2v) is 19.6. The summed E-state index contributed by atoms with van der Waals surface area (Å²) in [7, 11) is 0. The molecular formula is C57H111NO5. The zero-order valence-electron chi connectivity index (χ0n) is 42.6. The number of hydrogen-bond acceptors (Lipinski definition) is 5. The van der Waals surface area contributed by atoms with Gasteiger partial charge in [0.15, 0.2) is 0 Å². The van der Waals surface area contributed by atoms with Crippen molar-refractivity contribution in [3.05, 3.63) is 12.2 Å². The zero-order chi connectivity index (χ0) is 45.8. The number of allylic oxidation sites excluding steroid dienone is 2. The van der Waals surface area contributed by atoms with E-state index >= 15 is 0 Å². The number of rotatable bonds is 53. The molecule has 0 aromatic rings. The highest BCUT2D eigenvalue weighted by atomic mass is 16.5. The summed E-state index contributed by atoms with van der Waals surface area (Å²) in [6.45, 7) is 4.95. The molecule has 0 aliphatic carbocycles. The number of carbonyl (C=O) groups excluding carboxylic acids is 2. The van der Waals surface area contributed by atoms with Gasteiger partial charge in [0.2, 0.25) is 5.91 Å². The Morgan fingerprint density at radius 1 is 0.429 bits per heavy atom. The van der Waals surface area contributed by atoms with E-state index in [9.17, 15) is 19.8 Å². The Kier molecular flexibility index (Phi) is 52.0. The van der Waals surface area contributed by atoms with E-state index < -0.39 is 12.1 Å². The number of esters is 1. The Hall–Kier alpha value is -1.40. The molecule has 374 valence electrons. The second kappa shape index (κ2) is 53.2. The van der Waals surface area contributed by atoms with Crippen LogP contribution in [-0.2, 0) is 14.3 Å². The Morgan fingerprint density at radius 3 is 1.13 bits per heavy atom. The highest BCUT2D eigenvalue weighted by Gasteiger charge is 2.20. The van der Waals surface area contributed by atoms with Gasteiger partial charge in [0.25, 0.3) is 0 Å². The van der Waals surface area contributed by atoms with E-state index in [1.807, 2.05) is 0 Å². The molecule has 0 saturated heterocycles. The molecule has 0 spiro atoms. The Morgan fingerprint density at radius 2 is 0.746 bits per heavy atom. The third-order valence-electron chi connectivity index (χ3n) is 13.3. The first kappa shape index (κ1) is 61.6. The Bertz CT molecular complexity index is 939. The van der Waals surface area contributed by atoms with Gasteiger partial charge in [-0.05, 0) is 51.4 Å². The molecule has 0 rings (SSSR count). The number of amides is 1. The largest absolute Gasteiger partial charge is 0.466 e. The monoisotopic (exact) mass is 890 g/mol. The van der Waals surface area contributed by atoms with E-state index in [1.165, 1.54) is 244 Å². The molecule has 0 bridgehead atoms. The molecular weight excluding hydrogens is 779 g/mol. The minimum atomic E-state index is -0.669. The van der Waals surface area contributed by atoms with Crippen molar-refractivity contribution >= 4 is 11.9 Å². The van der Waals surface area contributed by atoms with Crippen molar-refractivity contribution < 1.29 is 24.5 Å². The molecule has 0 aromatic heterocycles. The summed E-state index contributed by atoms with van der Waals surface area (Å²) in [6, 6.07) is -0.547. The van der Waals surface area contributed by atoms with Crippen LogP contribution in [0, 0.1) is 0 Å². The Labute approximate surface area is 393 Å². The number of aliphatic hydroxyl groups excluding tert-OH is 2. The molecule has 3 N–H and O–H groups in total. The van der Waals surface area contributed by atoms with Crippen molar-refractivity contribution in [1.29, 1.82) is 0 Å². The normalized spacial score (nSPS) is 12.6. The van der Waals surface area contributed by atoms with Gasteiger partial charge in [-0.2, -0.15) is 0 Å². The van der Waals surface area contributed by atoms with Crippen molar-refractivity contribution in [3.63, 3.8) is 0 Å². The van der Waals surface area contributed by atoms with Gasteiger partial charge in [0.1, 0.15) is 0 Å². The first-order valence-corrected chi connectivity index (χ1v) is 28.4. The number of hydrogen-bond donors (Lipinski definition) is 3. The third kappa shape index (κ3) is 49.9. The van der Waals surface area contributed by atoms with Gasteiger partial charge in [-0.1, -0.05) is 264 Å². The Balaban J connectivity index is 3.42. The molecule has 6 heteroatoms. The van der Waals surface area contributed by atoms with Crippen molar-refractivity contribution in [1.82, 2.24) is 5.32 Å². The minimum absolute atomic E-state index is 0.00657. The topological polar surface area (TPSA) is 95.9 Å². The average molecular weight is 891 g/mol. The maximum Gasteiger partial charge on any atom is 0.305 e. The second-order valence-electron chi connectivity index (χ2n) is 19.6. The zero-order valence-corrected chi connectivity index (χ0v) is 42.6. The predicted molar refractivity (Wildman–Crippen MR) is 273 cm³/mol. The minimum Gasteiger partial charge on any atom is -0.466 e. The van der Waals surface area contributed by atoms with Crippen LogP contribution in [0.1, 0.15) is 316 Å². The van der Waals surface area contributed by atoms with E-state index in [0.717, 1.165) is 38.5 Å². The molecule has 0 aliphatic rings. The third-order valence-corrected chi connectivity index (χ3v) is 13.3. The number of aliphatic hydroxyl groups is 2. The van der Waals surface area contributed by atoms with Crippen LogP contribution in [0.4, 0.5) is 0 Å². The van der Waals surface area contributed by atoms with Crippen LogP contribution in [0.5, 0.6) is 0 Å². The fraction of sp³-hybridized carbons (Fsp3) is 0.930. The molecule has 0 heterocycles. The summed E-state index contributed by atoms with van der Waals surface area (Å²) >= 11 is 0. The lowest BCUT2D eigenvalue weighted by atomic mass is 10.0. The smallest absolute Gasteiger partial charge is 0.305 e. The van der Waals surface area contributed by atoms with Crippen LogP contribution in [-0.4, -0.2) is 47.4 Å². The summed E-state index contributed by atoms with van der Waals surface area (Å²) < 4.78 is 5.47. The molecule has 0 fully saturated rings. The van der Waals surface area contributed by atoms with Crippen LogP contribution in [0.15, 0.2) is 12.2 Å². The van der Waals surface area contributed by atoms with E-state index in [4.69, 9.17) is 4.74 Å². The number of ether oxygens (including phenoxy) is 1. The van der Waals surface area contributed by atoms with Gasteiger partial charge in [-0.3, -0.25) is 9.59 Å². The number of carbonyl (C=O) groups is 2. The molecule has 2 unspecified atom stereocenters. The summed E-state index contributed by atoms with van der Waals surface area (Å²) in [6.07, 6.45) is 62.0. The van der Waals surface area contributed by atoms with Crippen molar-refractivity contribution in [3.8, 4) is 0 Å². The van der Waals surface area contributed by atoms with Crippen LogP contribution >= 0.6 is 0 Å². The van der Waals surface area contributed by atoms with Crippen LogP contribution in [0.25, 0.3) is 0 Å². The maximum atomic E-state index is 12.4. The van der Waals surface area contributed by atoms with Crippen LogP contribution in [0.2, 0.25) is 0 Å².